The summed E-state index contributed by atoms with van der Waals surface area (Å²) in [5, 5.41) is 8.55. The van der Waals surface area contributed by atoms with Gasteiger partial charge in [0, 0.05) is 17.6 Å². The summed E-state index contributed by atoms with van der Waals surface area (Å²) in [6.07, 6.45) is 0. The highest BCUT2D eigenvalue weighted by Gasteiger charge is 2.08. The van der Waals surface area contributed by atoms with E-state index < -0.39 is 0 Å². The first-order chi connectivity index (χ1) is 7.16. The lowest BCUT2D eigenvalue weighted by atomic mass is 10.2. The van der Waals surface area contributed by atoms with Crippen molar-refractivity contribution in [1.29, 1.82) is 0 Å². The number of fused-ring (bicyclic) bond motifs is 1. The van der Waals surface area contributed by atoms with Gasteiger partial charge in [-0.05, 0) is 25.1 Å². The zero-order valence-corrected chi connectivity index (χ0v) is 9.08. The standard InChI is InChI=1S/C10H12ClN3O/c1-6(12)5-13-10-8-4-7(11)2-3-9(8)15-14-10/h2-4,6H,5,12H2,1H3,(H,13,14). The van der Waals surface area contributed by atoms with Crippen LogP contribution in [0.2, 0.25) is 5.02 Å². The number of nitrogens with two attached hydrogens (primary N) is 1. The molecule has 0 aliphatic heterocycles. The van der Waals surface area contributed by atoms with E-state index in [9.17, 15) is 0 Å². The van der Waals surface area contributed by atoms with Crippen LogP contribution in [0.4, 0.5) is 5.82 Å². The van der Waals surface area contributed by atoms with Crippen LogP contribution in [-0.4, -0.2) is 17.7 Å². The van der Waals surface area contributed by atoms with Crippen molar-refractivity contribution < 1.29 is 4.52 Å². The summed E-state index contributed by atoms with van der Waals surface area (Å²) in [4.78, 5) is 0. The third-order valence-electron chi connectivity index (χ3n) is 2.02. The molecule has 80 valence electrons. The van der Waals surface area contributed by atoms with Gasteiger partial charge in [-0.2, -0.15) is 0 Å². The Morgan fingerprint density at radius 1 is 1.60 bits per heavy atom. The minimum atomic E-state index is 0.0657. The largest absolute Gasteiger partial charge is 0.365 e. The van der Waals surface area contributed by atoms with Gasteiger partial charge in [0.25, 0.3) is 0 Å². The smallest absolute Gasteiger partial charge is 0.177 e. The topological polar surface area (TPSA) is 64.1 Å². The van der Waals surface area contributed by atoms with Crippen molar-refractivity contribution in [3.63, 3.8) is 0 Å². The molecule has 0 radical (unpaired) electrons. The molecule has 2 aromatic rings. The van der Waals surface area contributed by atoms with Crippen LogP contribution in [-0.2, 0) is 0 Å². The molecule has 0 saturated heterocycles. The van der Waals surface area contributed by atoms with Crippen LogP contribution < -0.4 is 11.1 Å². The number of anilines is 1. The Morgan fingerprint density at radius 2 is 2.40 bits per heavy atom. The molecule has 2 rings (SSSR count). The van der Waals surface area contributed by atoms with E-state index >= 15 is 0 Å². The van der Waals surface area contributed by atoms with Crippen molar-refractivity contribution in [2.75, 3.05) is 11.9 Å². The van der Waals surface area contributed by atoms with E-state index in [1.807, 2.05) is 13.0 Å². The van der Waals surface area contributed by atoms with Crippen LogP contribution in [0.3, 0.4) is 0 Å². The molecule has 1 heterocycles. The fraction of sp³-hybridized carbons (Fsp3) is 0.300. The third kappa shape index (κ3) is 2.22. The van der Waals surface area contributed by atoms with Crippen LogP contribution >= 0.6 is 11.6 Å². The fourth-order valence-corrected chi connectivity index (χ4v) is 1.47. The highest BCUT2D eigenvalue weighted by Crippen LogP contribution is 2.25. The monoisotopic (exact) mass is 225 g/mol. The fourth-order valence-electron chi connectivity index (χ4n) is 1.30. The lowest BCUT2D eigenvalue weighted by molar-refractivity contribution is 0.459. The summed E-state index contributed by atoms with van der Waals surface area (Å²) >= 11 is 5.89. The summed E-state index contributed by atoms with van der Waals surface area (Å²) in [7, 11) is 0. The maximum absolute atomic E-state index is 5.89. The van der Waals surface area contributed by atoms with E-state index in [0.717, 1.165) is 5.39 Å². The Kier molecular flexibility index (Phi) is 2.79. The molecule has 0 saturated carbocycles. The predicted octanol–water partition coefficient (Wildman–Crippen LogP) is 2.24. The minimum Gasteiger partial charge on any atom is -0.365 e. The minimum absolute atomic E-state index is 0.0657. The first kappa shape index (κ1) is 10.3. The Morgan fingerprint density at radius 3 is 3.13 bits per heavy atom. The highest BCUT2D eigenvalue weighted by atomic mass is 35.5. The SMILES string of the molecule is CC(N)CNc1noc2ccc(Cl)cc12. The van der Waals surface area contributed by atoms with Gasteiger partial charge in [0.2, 0.25) is 0 Å². The van der Waals surface area contributed by atoms with Crippen molar-refractivity contribution in [3.05, 3.63) is 23.2 Å². The van der Waals surface area contributed by atoms with Crippen LogP contribution in [0.25, 0.3) is 11.0 Å². The van der Waals surface area contributed by atoms with Gasteiger partial charge in [-0.3, -0.25) is 0 Å². The van der Waals surface area contributed by atoms with Crippen LogP contribution in [0.1, 0.15) is 6.92 Å². The molecule has 0 fully saturated rings. The lowest BCUT2D eigenvalue weighted by Gasteiger charge is -2.05. The van der Waals surface area contributed by atoms with Crippen molar-refractivity contribution in [2.45, 2.75) is 13.0 Å². The molecule has 1 atom stereocenters. The molecule has 0 spiro atoms. The summed E-state index contributed by atoms with van der Waals surface area (Å²) in [5.74, 6) is 0.685. The van der Waals surface area contributed by atoms with Crippen molar-refractivity contribution in [1.82, 2.24) is 5.16 Å². The molecule has 1 aromatic heterocycles. The average molecular weight is 226 g/mol. The van der Waals surface area contributed by atoms with E-state index in [2.05, 4.69) is 10.5 Å². The van der Waals surface area contributed by atoms with Gasteiger partial charge < -0.3 is 15.6 Å². The van der Waals surface area contributed by atoms with Gasteiger partial charge in [-0.25, -0.2) is 0 Å². The number of aromatic nitrogens is 1. The number of hydrogen-bond acceptors (Lipinski definition) is 4. The van der Waals surface area contributed by atoms with Crippen LogP contribution in [0, 0.1) is 0 Å². The molecule has 0 aliphatic carbocycles. The average Bonchev–Trinajstić information content (AvgIpc) is 2.57. The Balaban J connectivity index is 2.31. The molecule has 15 heavy (non-hydrogen) atoms. The highest BCUT2D eigenvalue weighted by molar-refractivity contribution is 6.31. The molecule has 0 amide bonds. The maximum Gasteiger partial charge on any atom is 0.177 e. The molecule has 4 nitrogen and oxygen atoms in total. The molecule has 1 unspecified atom stereocenters. The van der Waals surface area contributed by atoms with E-state index in [1.54, 1.807) is 12.1 Å². The number of nitrogens with zero attached hydrogens (tertiary/aromatic N) is 1. The third-order valence-corrected chi connectivity index (χ3v) is 2.26. The van der Waals surface area contributed by atoms with Crippen molar-refractivity contribution in [2.24, 2.45) is 5.73 Å². The van der Waals surface area contributed by atoms with Gasteiger partial charge in [-0.1, -0.05) is 16.8 Å². The van der Waals surface area contributed by atoms with E-state index in [-0.39, 0.29) is 6.04 Å². The number of rotatable bonds is 3. The van der Waals surface area contributed by atoms with Crippen LogP contribution in [0.15, 0.2) is 22.7 Å². The summed E-state index contributed by atoms with van der Waals surface area (Å²) < 4.78 is 5.12. The Hall–Kier alpha value is -1.26. The molecule has 5 heteroatoms. The van der Waals surface area contributed by atoms with E-state index in [4.69, 9.17) is 21.9 Å². The molecule has 3 N–H and O–H groups in total. The number of benzene rings is 1. The van der Waals surface area contributed by atoms with Gasteiger partial charge >= 0.3 is 0 Å². The molecule has 0 aliphatic rings. The second kappa shape index (κ2) is 4.08. The van der Waals surface area contributed by atoms with Crippen molar-refractivity contribution in [3.8, 4) is 0 Å². The first-order valence-corrected chi connectivity index (χ1v) is 5.09. The van der Waals surface area contributed by atoms with Gasteiger partial charge in [0.05, 0.1) is 5.39 Å². The predicted molar refractivity (Wildman–Crippen MR) is 61.2 cm³/mol. The molecule has 0 bridgehead atoms. The van der Waals surface area contributed by atoms with Crippen molar-refractivity contribution >= 4 is 28.4 Å². The van der Waals surface area contributed by atoms with E-state index in [0.29, 0.717) is 23.0 Å². The van der Waals surface area contributed by atoms with Crippen LogP contribution in [0.5, 0.6) is 0 Å². The molecular formula is C10H12ClN3O. The number of halogens is 1. The zero-order valence-electron chi connectivity index (χ0n) is 8.33. The lowest BCUT2D eigenvalue weighted by Crippen LogP contribution is -2.25. The molecular weight excluding hydrogens is 214 g/mol. The number of nitrogens with one attached hydrogen (secondary N) is 1. The molecule has 1 aromatic carbocycles. The number of hydrogen-bond donors (Lipinski definition) is 2. The Bertz CT molecular complexity index is 467. The first-order valence-electron chi connectivity index (χ1n) is 4.71. The second-order valence-corrected chi connectivity index (χ2v) is 3.97. The maximum atomic E-state index is 5.89. The van der Waals surface area contributed by atoms with E-state index in [1.165, 1.54) is 0 Å². The quantitative estimate of drug-likeness (QED) is 0.841. The summed E-state index contributed by atoms with van der Waals surface area (Å²) in [5.41, 5.74) is 6.35. The van der Waals surface area contributed by atoms with Gasteiger partial charge in [0.1, 0.15) is 0 Å². The zero-order chi connectivity index (χ0) is 10.8. The summed E-state index contributed by atoms with van der Waals surface area (Å²) in [6.45, 7) is 2.57. The van der Waals surface area contributed by atoms with Gasteiger partial charge in [-0.15, -0.1) is 0 Å². The second-order valence-electron chi connectivity index (χ2n) is 3.53. The Labute approximate surface area is 92.4 Å². The van der Waals surface area contributed by atoms with Gasteiger partial charge in [0.15, 0.2) is 11.4 Å². The summed E-state index contributed by atoms with van der Waals surface area (Å²) in [6, 6.07) is 5.44. The normalized spacial score (nSPS) is 13.0.